The highest BCUT2D eigenvalue weighted by molar-refractivity contribution is 5.84. The van der Waals surface area contributed by atoms with Gasteiger partial charge in [-0.1, -0.05) is 13.0 Å². The number of hydrogen-bond donors (Lipinski definition) is 2. The monoisotopic (exact) mass is 199 g/mol. The first-order chi connectivity index (χ1) is 7.26. The van der Waals surface area contributed by atoms with Crippen LogP contribution in [0, 0.1) is 11.3 Å². The molecule has 0 aliphatic heterocycles. The molecule has 3 nitrogen and oxygen atoms in total. The molecular weight excluding hydrogens is 186 g/mol. The van der Waals surface area contributed by atoms with E-state index in [0.717, 1.165) is 22.9 Å². The van der Waals surface area contributed by atoms with E-state index in [4.69, 9.17) is 11.0 Å². The minimum absolute atomic E-state index is 0.0617. The Morgan fingerprint density at radius 1 is 1.53 bits per heavy atom. The maximum Gasteiger partial charge on any atom is 0.0992 e. The minimum Gasteiger partial charge on any atom is -0.361 e. The zero-order valence-electron chi connectivity index (χ0n) is 8.62. The fraction of sp³-hybridized carbons (Fsp3) is 0.250. The molecule has 0 fully saturated rings. The predicted octanol–water partition coefficient (Wildman–Crippen LogP) is 2.45. The molecule has 1 aromatic heterocycles. The Bertz CT molecular complexity index is 519. The van der Waals surface area contributed by atoms with Gasteiger partial charge in [-0.15, -0.1) is 0 Å². The zero-order chi connectivity index (χ0) is 10.8. The van der Waals surface area contributed by atoms with Gasteiger partial charge in [0.15, 0.2) is 0 Å². The van der Waals surface area contributed by atoms with Crippen LogP contribution in [0.1, 0.15) is 30.5 Å². The van der Waals surface area contributed by atoms with Crippen LogP contribution < -0.4 is 5.73 Å². The molecule has 0 unspecified atom stereocenters. The highest BCUT2D eigenvalue weighted by atomic mass is 14.7. The lowest BCUT2D eigenvalue weighted by Gasteiger charge is -2.06. The van der Waals surface area contributed by atoms with E-state index in [1.54, 1.807) is 0 Å². The van der Waals surface area contributed by atoms with Crippen molar-refractivity contribution in [2.75, 3.05) is 0 Å². The molecule has 0 aliphatic carbocycles. The molecule has 0 radical (unpaired) electrons. The summed E-state index contributed by atoms with van der Waals surface area (Å²) in [4.78, 5) is 3.15. The number of aromatic nitrogens is 1. The summed E-state index contributed by atoms with van der Waals surface area (Å²) >= 11 is 0. The second-order valence-corrected chi connectivity index (χ2v) is 3.63. The molecule has 0 bridgehead atoms. The van der Waals surface area contributed by atoms with Crippen LogP contribution in [0.3, 0.4) is 0 Å². The van der Waals surface area contributed by atoms with Crippen molar-refractivity contribution in [1.29, 1.82) is 5.26 Å². The fourth-order valence-electron chi connectivity index (χ4n) is 1.74. The van der Waals surface area contributed by atoms with E-state index in [1.807, 2.05) is 24.4 Å². The average molecular weight is 199 g/mol. The Morgan fingerprint density at radius 3 is 3.00 bits per heavy atom. The number of H-pyrrole nitrogens is 1. The maximum atomic E-state index is 8.77. The lowest BCUT2D eigenvalue weighted by molar-refractivity contribution is 0.704. The molecule has 3 heteroatoms. The van der Waals surface area contributed by atoms with Crippen LogP contribution in [-0.4, -0.2) is 4.98 Å². The van der Waals surface area contributed by atoms with E-state index in [-0.39, 0.29) is 6.04 Å². The number of benzene rings is 1. The third-order valence-corrected chi connectivity index (χ3v) is 2.68. The van der Waals surface area contributed by atoms with Gasteiger partial charge in [0.05, 0.1) is 11.6 Å². The summed E-state index contributed by atoms with van der Waals surface area (Å²) in [5, 5.41) is 9.88. The van der Waals surface area contributed by atoms with Crippen LogP contribution in [0.25, 0.3) is 10.9 Å². The summed E-state index contributed by atoms with van der Waals surface area (Å²) in [5.41, 5.74) is 8.76. The Morgan fingerprint density at radius 2 is 2.33 bits per heavy atom. The van der Waals surface area contributed by atoms with E-state index in [2.05, 4.69) is 18.0 Å². The molecule has 0 saturated heterocycles. The number of hydrogen-bond acceptors (Lipinski definition) is 2. The van der Waals surface area contributed by atoms with Gasteiger partial charge in [0.25, 0.3) is 0 Å². The first-order valence-corrected chi connectivity index (χ1v) is 5.03. The molecule has 0 aliphatic rings. The summed E-state index contributed by atoms with van der Waals surface area (Å²) < 4.78 is 0. The smallest absolute Gasteiger partial charge is 0.0992 e. The number of aromatic amines is 1. The third kappa shape index (κ3) is 1.60. The SMILES string of the molecule is CC[C@H](N)c1c[nH]c2cc(C#N)ccc12. The van der Waals surface area contributed by atoms with Gasteiger partial charge in [-0.05, 0) is 24.1 Å². The molecule has 15 heavy (non-hydrogen) atoms. The van der Waals surface area contributed by atoms with Gasteiger partial charge in [0.1, 0.15) is 0 Å². The number of nitrogens with two attached hydrogens (primary N) is 1. The van der Waals surface area contributed by atoms with Crippen LogP contribution >= 0.6 is 0 Å². The molecule has 0 saturated carbocycles. The first-order valence-electron chi connectivity index (χ1n) is 5.03. The molecule has 0 spiro atoms. The van der Waals surface area contributed by atoms with Crippen LogP contribution in [0.4, 0.5) is 0 Å². The summed E-state index contributed by atoms with van der Waals surface area (Å²) in [6.45, 7) is 2.06. The molecule has 1 heterocycles. The van der Waals surface area contributed by atoms with Gasteiger partial charge in [0.2, 0.25) is 0 Å². The van der Waals surface area contributed by atoms with E-state index in [0.29, 0.717) is 5.56 Å². The van der Waals surface area contributed by atoms with Crippen molar-refractivity contribution in [3.05, 3.63) is 35.5 Å². The summed E-state index contributed by atoms with van der Waals surface area (Å²) in [6, 6.07) is 7.81. The van der Waals surface area contributed by atoms with Crippen molar-refractivity contribution >= 4 is 10.9 Å². The second kappa shape index (κ2) is 3.76. The van der Waals surface area contributed by atoms with Gasteiger partial charge < -0.3 is 10.7 Å². The average Bonchev–Trinajstić information content (AvgIpc) is 2.70. The molecule has 3 N–H and O–H groups in total. The normalized spacial score (nSPS) is 12.6. The number of nitrogens with one attached hydrogen (secondary N) is 1. The number of nitriles is 1. The highest BCUT2D eigenvalue weighted by Crippen LogP contribution is 2.25. The molecule has 0 amide bonds. The Kier molecular flexibility index (Phi) is 2.44. The van der Waals surface area contributed by atoms with E-state index in [9.17, 15) is 0 Å². The summed E-state index contributed by atoms with van der Waals surface area (Å²) in [7, 11) is 0. The molecule has 76 valence electrons. The van der Waals surface area contributed by atoms with Gasteiger partial charge >= 0.3 is 0 Å². The Hall–Kier alpha value is -1.79. The van der Waals surface area contributed by atoms with Crippen molar-refractivity contribution in [3.8, 4) is 6.07 Å². The van der Waals surface area contributed by atoms with Crippen LogP contribution in [0.15, 0.2) is 24.4 Å². The van der Waals surface area contributed by atoms with E-state index < -0.39 is 0 Å². The highest BCUT2D eigenvalue weighted by Gasteiger charge is 2.09. The number of fused-ring (bicyclic) bond motifs is 1. The summed E-state index contributed by atoms with van der Waals surface area (Å²) in [5.74, 6) is 0. The predicted molar refractivity (Wildman–Crippen MR) is 60.2 cm³/mol. The van der Waals surface area contributed by atoms with Crippen LogP contribution in [0.2, 0.25) is 0 Å². The van der Waals surface area contributed by atoms with Crippen LogP contribution in [0.5, 0.6) is 0 Å². The molecule has 2 rings (SSSR count). The minimum atomic E-state index is 0.0617. The van der Waals surface area contributed by atoms with Gasteiger partial charge in [-0.25, -0.2) is 0 Å². The quantitative estimate of drug-likeness (QED) is 0.780. The lowest BCUT2D eigenvalue weighted by atomic mass is 10.0. The topological polar surface area (TPSA) is 65.6 Å². The van der Waals surface area contributed by atoms with Crippen LogP contribution in [-0.2, 0) is 0 Å². The van der Waals surface area contributed by atoms with Crippen molar-refractivity contribution in [2.45, 2.75) is 19.4 Å². The van der Waals surface area contributed by atoms with Crippen molar-refractivity contribution in [3.63, 3.8) is 0 Å². The molecule has 1 atom stereocenters. The Balaban J connectivity index is 2.58. The lowest BCUT2D eigenvalue weighted by Crippen LogP contribution is -2.07. The van der Waals surface area contributed by atoms with Gasteiger partial charge in [-0.3, -0.25) is 0 Å². The molecule has 2 aromatic rings. The maximum absolute atomic E-state index is 8.77. The van der Waals surface area contributed by atoms with E-state index >= 15 is 0 Å². The molecular formula is C12H13N3. The van der Waals surface area contributed by atoms with Crippen molar-refractivity contribution < 1.29 is 0 Å². The summed E-state index contributed by atoms with van der Waals surface area (Å²) in [6.07, 6.45) is 2.84. The Labute approximate surface area is 88.5 Å². The largest absolute Gasteiger partial charge is 0.361 e. The van der Waals surface area contributed by atoms with Gasteiger partial charge in [-0.2, -0.15) is 5.26 Å². The van der Waals surface area contributed by atoms with Crippen molar-refractivity contribution in [1.82, 2.24) is 4.98 Å². The van der Waals surface area contributed by atoms with Crippen molar-refractivity contribution in [2.24, 2.45) is 5.73 Å². The molecule has 1 aromatic carbocycles. The van der Waals surface area contributed by atoms with Gasteiger partial charge in [0, 0.05) is 23.1 Å². The number of rotatable bonds is 2. The second-order valence-electron chi connectivity index (χ2n) is 3.63. The van der Waals surface area contributed by atoms with E-state index in [1.165, 1.54) is 0 Å². The standard InChI is InChI=1S/C12H13N3/c1-2-11(14)10-7-15-12-5-8(6-13)3-4-9(10)12/h3-5,7,11,15H,2,14H2,1H3/t11-/m0/s1. The first kappa shape index (κ1) is 9.75. The third-order valence-electron chi connectivity index (χ3n) is 2.68. The fourth-order valence-corrected chi connectivity index (χ4v) is 1.74. The zero-order valence-corrected chi connectivity index (χ0v) is 8.62. The number of nitrogens with zero attached hydrogens (tertiary/aromatic N) is 1.